The van der Waals surface area contributed by atoms with E-state index >= 15 is 0 Å². The number of benzene rings is 2. The maximum Gasteiger partial charge on any atom is 0.315 e. The summed E-state index contributed by atoms with van der Waals surface area (Å²) >= 11 is 0. The molecule has 0 radical (unpaired) electrons. The number of hydrogen-bond acceptors (Lipinski definition) is 2. The molecule has 116 valence electrons. The van der Waals surface area contributed by atoms with Crippen LogP contribution in [0.5, 0.6) is 0 Å². The third-order valence-electron chi connectivity index (χ3n) is 3.60. The Balaban J connectivity index is 1.70. The summed E-state index contributed by atoms with van der Waals surface area (Å²) in [7, 11) is 0. The van der Waals surface area contributed by atoms with Crippen molar-refractivity contribution in [2.24, 2.45) is 0 Å². The number of urea groups is 1. The lowest BCUT2D eigenvalue weighted by Gasteiger charge is -2.09. The molecule has 0 atom stereocenters. The van der Waals surface area contributed by atoms with E-state index in [4.69, 9.17) is 5.11 Å². The van der Waals surface area contributed by atoms with Gasteiger partial charge in [0.05, 0.1) is 6.61 Å². The Labute approximate surface area is 131 Å². The summed E-state index contributed by atoms with van der Waals surface area (Å²) in [5.41, 5.74) is 4.37. The average Bonchev–Trinajstić information content (AvgIpc) is 2.55. The van der Waals surface area contributed by atoms with Crippen LogP contribution in [0.4, 0.5) is 4.79 Å². The van der Waals surface area contributed by atoms with E-state index in [1.807, 2.05) is 36.4 Å². The predicted molar refractivity (Wildman–Crippen MR) is 87.5 cm³/mol. The summed E-state index contributed by atoms with van der Waals surface area (Å²) in [4.78, 5) is 11.8. The van der Waals surface area contributed by atoms with E-state index in [1.54, 1.807) is 0 Å². The first kappa shape index (κ1) is 16.0. The molecule has 0 spiro atoms. The Morgan fingerprint density at radius 2 is 1.68 bits per heavy atom. The molecular weight excluding hydrogens is 276 g/mol. The zero-order valence-corrected chi connectivity index (χ0v) is 12.8. The normalized spacial score (nSPS) is 10.3. The molecule has 0 aliphatic carbocycles. The highest BCUT2D eigenvalue weighted by atomic mass is 16.3. The molecule has 2 rings (SSSR count). The Kier molecular flexibility index (Phi) is 5.98. The Morgan fingerprint density at radius 3 is 2.36 bits per heavy atom. The third kappa shape index (κ3) is 4.90. The number of carbonyl (C=O) groups excluding carboxylic acids is 1. The molecule has 22 heavy (non-hydrogen) atoms. The fraction of sp³-hybridized carbons (Fsp3) is 0.278. The molecule has 0 saturated carbocycles. The molecule has 2 aromatic carbocycles. The first-order valence-corrected chi connectivity index (χ1v) is 7.44. The van der Waals surface area contributed by atoms with E-state index in [2.05, 4.69) is 29.7 Å². The fourth-order valence-corrected chi connectivity index (χ4v) is 2.21. The SMILES string of the molecule is Cc1ccccc1CCNC(=O)NCc1ccc(CO)cc1. The van der Waals surface area contributed by atoms with Crippen LogP contribution in [0.15, 0.2) is 48.5 Å². The van der Waals surface area contributed by atoms with Crippen LogP contribution < -0.4 is 10.6 Å². The third-order valence-corrected chi connectivity index (χ3v) is 3.60. The lowest BCUT2D eigenvalue weighted by atomic mass is 10.1. The van der Waals surface area contributed by atoms with Gasteiger partial charge in [0.1, 0.15) is 0 Å². The van der Waals surface area contributed by atoms with Crippen LogP contribution in [-0.4, -0.2) is 17.7 Å². The molecule has 4 heteroatoms. The van der Waals surface area contributed by atoms with Crippen molar-refractivity contribution in [2.75, 3.05) is 6.54 Å². The molecule has 4 nitrogen and oxygen atoms in total. The maximum absolute atomic E-state index is 11.8. The van der Waals surface area contributed by atoms with Crippen LogP contribution in [-0.2, 0) is 19.6 Å². The minimum Gasteiger partial charge on any atom is -0.392 e. The van der Waals surface area contributed by atoms with Crippen molar-refractivity contribution in [3.8, 4) is 0 Å². The Morgan fingerprint density at radius 1 is 1.00 bits per heavy atom. The van der Waals surface area contributed by atoms with Crippen LogP contribution in [0.2, 0.25) is 0 Å². The molecule has 0 unspecified atom stereocenters. The number of aliphatic hydroxyl groups excluding tert-OH is 1. The number of aliphatic hydroxyl groups is 1. The summed E-state index contributed by atoms with van der Waals surface area (Å²) in [6, 6.07) is 15.5. The largest absolute Gasteiger partial charge is 0.392 e. The Hall–Kier alpha value is -2.33. The van der Waals surface area contributed by atoms with Gasteiger partial charge < -0.3 is 15.7 Å². The van der Waals surface area contributed by atoms with Crippen LogP contribution in [0.1, 0.15) is 22.3 Å². The van der Waals surface area contributed by atoms with Gasteiger partial charge in [-0.25, -0.2) is 4.79 Å². The minimum atomic E-state index is -0.167. The van der Waals surface area contributed by atoms with Crippen molar-refractivity contribution in [1.82, 2.24) is 10.6 Å². The van der Waals surface area contributed by atoms with Gasteiger partial charge in [0, 0.05) is 13.1 Å². The predicted octanol–water partition coefficient (Wildman–Crippen LogP) is 2.53. The quantitative estimate of drug-likeness (QED) is 0.767. The number of amides is 2. The number of hydrogen-bond donors (Lipinski definition) is 3. The van der Waals surface area contributed by atoms with Gasteiger partial charge in [0.25, 0.3) is 0 Å². The van der Waals surface area contributed by atoms with Gasteiger partial charge >= 0.3 is 6.03 Å². The lowest BCUT2D eigenvalue weighted by molar-refractivity contribution is 0.240. The first-order chi connectivity index (χ1) is 10.7. The number of rotatable bonds is 6. The van der Waals surface area contributed by atoms with E-state index in [9.17, 15) is 4.79 Å². The van der Waals surface area contributed by atoms with Gasteiger partial charge in [-0.1, -0.05) is 48.5 Å². The molecule has 0 bridgehead atoms. The van der Waals surface area contributed by atoms with Crippen LogP contribution in [0.3, 0.4) is 0 Å². The van der Waals surface area contributed by atoms with Crippen molar-refractivity contribution >= 4 is 6.03 Å². The van der Waals surface area contributed by atoms with Gasteiger partial charge in [0.15, 0.2) is 0 Å². The van der Waals surface area contributed by atoms with Gasteiger partial charge in [0.2, 0.25) is 0 Å². The highest BCUT2D eigenvalue weighted by molar-refractivity contribution is 5.73. The number of aryl methyl sites for hydroxylation is 1. The van der Waals surface area contributed by atoms with Gasteiger partial charge in [-0.3, -0.25) is 0 Å². The molecule has 0 saturated heterocycles. The van der Waals surface area contributed by atoms with Crippen LogP contribution >= 0.6 is 0 Å². The smallest absolute Gasteiger partial charge is 0.315 e. The molecule has 0 heterocycles. The summed E-state index contributed by atoms with van der Waals surface area (Å²) in [6.45, 7) is 3.20. The molecule has 2 aromatic rings. The molecule has 2 amide bonds. The average molecular weight is 298 g/mol. The Bertz CT molecular complexity index is 609. The van der Waals surface area contributed by atoms with E-state index in [1.165, 1.54) is 11.1 Å². The van der Waals surface area contributed by atoms with Gasteiger partial charge in [-0.15, -0.1) is 0 Å². The second kappa shape index (κ2) is 8.20. The standard InChI is InChI=1S/C18H22N2O2/c1-14-4-2-3-5-17(14)10-11-19-18(22)20-12-15-6-8-16(13-21)9-7-15/h2-9,21H,10-13H2,1H3,(H2,19,20,22). The molecule has 0 aliphatic rings. The molecule has 3 N–H and O–H groups in total. The van der Waals surface area contributed by atoms with Crippen molar-refractivity contribution < 1.29 is 9.90 Å². The zero-order valence-electron chi connectivity index (χ0n) is 12.8. The molecular formula is C18H22N2O2. The highest BCUT2D eigenvalue weighted by Gasteiger charge is 2.02. The van der Waals surface area contributed by atoms with Crippen molar-refractivity contribution in [2.45, 2.75) is 26.5 Å². The van der Waals surface area contributed by atoms with Crippen LogP contribution in [0.25, 0.3) is 0 Å². The molecule has 0 aromatic heterocycles. The van der Waals surface area contributed by atoms with Gasteiger partial charge in [-0.2, -0.15) is 0 Å². The number of nitrogens with one attached hydrogen (secondary N) is 2. The van der Waals surface area contributed by atoms with E-state index < -0.39 is 0 Å². The van der Waals surface area contributed by atoms with E-state index in [0.29, 0.717) is 13.1 Å². The number of carbonyl (C=O) groups is 1. The first-order valence-electron chi connectivity index (χ1n) is 7.44. The summed E-state index contributed by atoms with van der Waals surface area (Å²) in [5.74, 6) is 0. The second-order valence-corrected chi connectivity index (χ2v) is 5.26. The van der Waals surface area contributed by atoms with Crippen LogP contribution in [0, 0.1) is 6.92 Å². The van der Waals surface area contributed by atoms with E-state index in [0.717, 1.165) is 17.5 Å². The summed E-state index contributed by atoms with van der Waals surface area (Å²) in [5, 5.41) is 14.7. The molecule has 0 fully saturated rings. The zero-order chi connectivity index (χ0) is 15.8. The van der Waals surface area contributed by atoms with Crippen molar-refractivity contribution in [1.29, 1.82) is 0 Å². The highest BCUT2D eigenvalue weighted by Crippen LogP contribution is 2.07. The minimum absolute atomic E-state index is 0.0348. The summed E-state index contributed by atoms with van der Waals surface area (Å²) in [6.07, 6.45) is 0.825. The summed E-state index contributed by atoms with van der Waals surface area (Å²) < 4.78 is 0. The van der Waals surface area contributed by atoms with Crippen molar-refractivity contribution in [3.63, 3.8) is 0 Å². The molecule has 0 aliphatic heterocycles. The fourth-order valence-electron chi connectivity index (χ4n) is 2.21. The lowest BCUT2D eigenvalue weighted by Crippen LogP contribution is -2.36. The maximum atomic E-state index is 11.8. The monoisotopic (exact) mass is 298 g/mol. The van der Waals surface area contributed by atoms with E-state index in [-0.39, 0.29) is 12.6 Å². The van der Waals surface area contributed by atoms with Gasteiger partial charge in [-0.05, 0) is 35.6 Å². The second-order valence-electron chi connectivity index (χ2n) is 5.26. The topological polar surface area (TPSA) is 61.4 Å². The van der Waals surface area contributed by atoms with Crippen molar-refractivity contribution in [3.05, 3.63) is 70.8 Å².